The Labute approximate surface area is 116 Å². The van der Waals surface area contributed by atoms with E-state index in [1.54, 1.807) is 0 Å². The molecule has 1 atom stereocenters. The van der Waals surface area contributed by atoms with Gasteiger partial charge in [-0.15, -0.1) is 0 Å². The third-order valence-electron chi connectivity index (χ3n) is 4.43. The topological polar surface area (TPSA) is 55.6 Å². The largest absolute Gasteiger partial charge is 0.381 e. The van der Waals surface area contributed by atoms with Crippen LogP contribution in [0.15, 0.2) is 0 Å². The van der Waals surface area contributed by atoms with Crippen molar-refractivity contribution in [3.05, 3.63) is 0 Å². The number of carbonyl (C=O) groups is 1. The fourth-order valence-electron chi connectivity index (χ4n) is 3.27. The molecule has 1 aliphatic carbocycles. The Morgan fingerprint density at radius 3 is 2.47 bits per heavy atom. The molecule has 1 saturated heterocycles. The standard InChI is InChI=1S/C15H28N2O2/c16-9-5-10-17(14-6-3-1-2-4-7-14)15(18)13-8-11-19-12-13/h13-14H,1-12,16H2. The van der Waals surface area contributed by atoms with Crippen LogP contribution in [0.1, 0.15) is 51.4 Å². The molecular weight excluding hydrogens is 240 g/mol. The van der Waals surface area contributed by atoms with Crippen LogP contribution in [0.4, 0.5) is 0 Å². The van der Waals surface area contributed by atoms with Crippen molar-refractivity contribution in [1.82, 2.24) is 4.90 Å². The summed E-state index contributed by atoms with van der Waals surface area (Å²) in [6.07, 6.45) is 9.31. The zero-order chi connectivity index (χ0) is 13.5. The van der Waals surface area contributed by atoms with E-state index in [2.05, 4.69) is 4.90 Å². The van der Waals surface area contributed by atoms with Crippen molar-refractivity contribution in [2.45, 2.75) is 57.4 Å². The minimum Gasteiger partial charge on any atom is -0.381 e. The predicted molar refractivity (Wildman–Crippen MR) is 75.8 cm³/mol. The summed E-state index contributed by atoms with van der Waals surface area (Å²) in [4.78, 5) is 14.8. The first kappa shape index (κ1) is 14.8. The second kappa shape index (κ2) is 7.85. The number of nitrogens with zero attached hydrogens (tertiary/aromatic N) is 1. The molecule has 1 unspecified atom stereocenters. The van der Waals surface area contributed by atoms with Crippen LogP contribution in [-0.2, 0) is 9.53 Å². The van der Waals surface area contributed by atoms with E-state index >= 15 is 0 Å². The Kier molecular flexibility index (Phi) is 6.11. The van der Waals surface area contributed by atoms with Gasteiger partial charge in [-0.05, 0) is 32.2 Å². The van der Waals surface area contributed by atoms with Gasteiger partial charge in [-0.3, -0.25) is 4.79 Å². The van der Waals surface area contributed by atoms with E-state index in [4.69, 9.17) is 10.5 Å². The van der Waals surface area contributed by atoms with Gasteiger partial charge in [0, 0.05) is 19.2 Å². The fourth-order valence-corrected chi connectivity index (χ4v) is 3.27. The van der Waals surface area contributed by atoms with Crippen molar-refractivity contribution >= 4 is 5.91 Å². The third kappa shape index (κ3) is 4.18. The summed E-state index contributed by atoms with van der Waals surface area (Å²) >= 11 is 0. The van der Waals surface area contributed by atoms with E-state index in [9.17, 15) is 4.79 Å². The Morgan fingerprint density at radius 1 is 1.16 bits per heavy atom. The van der Waals surface area contributed by atoms with Crippen molar-refractivity contribution < 1.29 is 9.53 Å². The highest BCUT2D eigenvalue weighted by atomic mass is 16.5. The van der Waals surface area contributed by atoms with Crippen molar-refractivity contribution in [1.29, 1.82) is 0 Å². The molecule has 0 spiro atoms. The maximum absolute atomic E-state index is 12.7. The molecule has 2 aliphatic rings. The Balaban J connectivity index is 1.98. The number of rotatable bonds is 5. The highest BCUT2D eigenvalue weighted by Gasteiger charge is 2.31. The average Bonchev–Trinajstić information content (AvgIpc) is 2.83. The van der Waals surface area contributed by atoms with Crippen LogP contribution in [0.3, 0.4) is 0 Å². The van der Waals surface area contributed by atoms with Crippen LogP contribution >= 0.6 is 0 Å². The lowest BCUT2D eigenvalue weighted by Gasteiger charge is -2.33. The van der Waals surface area contributed by atoms with Crippen LogP contribution in [-0.4, -0.2) is 43.2 Å². The Hall–Kier alpha value is -0.610. The molecule has 4 heteroatoms. The first-order valence-electron chi connectivity index (χ1n) is 7.91. The summed E-state index contributed by atoms with van der Waals surface area (Å²) < 4.78 is 5.37. The molecule has 19 heavy (non-hydrogen) atoms. The number of nitrogens with two attached hydrogens (primary N) is 1. The molecule has 0 radical (unpaired) electrons. The molecular formula is C15H28N2O2. The fraction of sp³-hybridized carbons (Fsp3) is 0.933. The van der Waals surface area contributed by atoms with E-state index in [1.807, 2.05) is 0 Å². The monoisotopic (exact) mass is 268 g/mol. The summed E-state index contributed by atoms with van der Waals surface area (Å²) in [5, 5.41) is 0. The van der Waals surface area contributed by atoms with Crippen molar-refractivity contribution in [3.8, 4) is 0 Å². The SMILES string of the molecule is NCCCN(C(=O)C1CCOC1)C1CCCCCC1. The van der Waals surface area contributed by atoms with E-state index in [-0.39, 0.29) is 5.92 Å². The second-order valence-electron chi connectivity index (χ2n) is 5.88. The zero-order valence-electron chi connectivity index (χ0n) is 12.0. The molecule has 0 bridgehead atoms. The quantitative estimate of drug-likeness (QED) is 0.775. The molecule has 2 rings (SSSR count). The molecule has 0 aromatic carbocycles. The normalized spacial score (nSPS) is 25.2. The van der Waals surface area contributed by atoms with Gasteiger partial charge in [-0.2, -0.15) is 0 Å². The van der Waals surface area contributed by atoms with Gasteiger partial charge in [-0.1, -0.05) is 25.7 Å². The molecule has 1 aliphatic heterocycles. The summed E-state index contributed by atoms with van der Waals surface area (Å²) in [5.41, 5.74) is 5.63. The molecule has 2 fully saturated rings. The number of hydrogen-bond donors (Lipinski definition) is 1. The van der Waals surface area contributed by atoms with Gasteiger partial charge in [0.15, 0.2) is 0 Å². The van der Waals surface area contributed by atoms with Crippen LogP contribution < -0.4 is 5.73 Å². The predicted octanol–water partition coefficient (Wildman–Crippen LogP) is 1.92. The van der Waals surface area contributed by atoms with Gasteiger partial charge in [-0.25, -0.2) is 0 Å². The zero-order valence-corrected chi connectivity index (χ0v) is 12.0. The number of hydrogen-bond acceptors (Lipinski definition) is 3. The minimum atomic E-state index is 0.0982. The molecule has 4 nitrogen and oxygen atoms in total. The second-order valence-corrected chi connectivity index (χ2v) is 5.88. The van der Waals surface area contributed by atoms with Gasteiger partial charge < -0.3 is 15.4 Å². The Morgan fingerprint density at radius 2 is 1.89 bits per heavy atom. The van der Waals surface area contributed by atoms with Crippen molar-refractivity contribution in [3.63, 3.8) is 0 Å². The van der Waals surface area contributed by atoms with Gasteiger partial charge in [0.25, 0.3) is 0 Å². The molecule has 2 N–H and O–H groups in total. The van der Waals surface area contributed by atoms with E-state index < -0.39 is 0 Å². The minimum absolute atomic E-state index is 0.0982. The summed E-state index contributed by atoms with van der Waals surface area (Å²) in [6.45, 7) is 2.85. The lowest BCUT2D eigenvalue weighted by atomic mass is 10.0. The van der Waals surface area contributed by atoms with Gasteiger partial charge in [0.2, 0.25) is 5.91 Å². The van der Waals surface area contributed by atoms with Gasteiger partial charge >= 0.3 is 0 Å². The smallest absolute Gasteiger partial charge is 0.228 e. The van der Waals surface area contributed by atoms with Crippen LogP contribution in [0.25, 0.3) is 0 Å². The lowest BCUT2D eigenvalue weighted by Crippen LogP contribution is -2.44. The van der Waals surface area contributed by atoms with Gasteiger partial charge in [0.05, 0.1) is 12.5 Å². The third-order valence-corrected chi connectivity index (χ3v) is 4.43. The van der Waals surface area contributed by atoms with Crippen LogP contribution in [0, 0.1) is 5.92 Å². The highest BCUT2D eigenvalue weighted by Crippen LogP contribution is 2.25. The molecule has 0 aromatic heterocycles. The average molecular weight is 268 g/mol. The molecule has 1 amide bonds. The molecule has 1 heterocycles. The van der Waals surface area contributed by atoms with Crippen LogP contribution in [0.5, 0.6) is 0 Å². The lowest BCUT2D eigenvalue weighted by molar-refractivity contribution is -0.138. The maximum Gasteiger partial charge on any atom is 0.228 e. The molecule has 110 valence electrons. The first-order valence-corrected chi connectivity index (χ1v) is 7.91. The van der Waals surface area contributed by atoms with E-state index in [0.29, 0.717) is 25.1 Å². The molecule has 0 aromatic rings. The molecule has 1 saturated carbocycles. The number of amides is 1. The van der Waals surface area contributed by atoms with E-state index in [0.717, 1.165) is 26.0 Å². The number of carbonyl (C=O) groups excluding carboxylic acids is 1. The maximum atomic E-state index is 12.7. The summed E-state index contributed by atoms with van der Waals surface area (Å²) in [6, 6.07) is 0.446. The van der Waals surface area contributed by atoms with Crippen molar-refractivity contribution in [2.75, 3.05) is 26.3 Å². The summed E-state index contributed by atoms with van der Waals surface area (Å²) in [7, 11) is 0. The Bertz CT molecular complexity index is 269. The van der Waals surface area contributed by atoms with E-state index in [1.165, 1.54) is 38.5 Å². The first-order chi connectivity index (χ1) is 9.33. The number of ether oxygens (including phenoxy) is 1. The highest BCUT2D eigenvalue weighted by molar-refractivity contribution is 5.79. The van der Waals surface area contributed by atoms with Crippen LogP contribution in [0.2, 0.25) is 0 Å². The summed E-state index contributed by atoms with van der Waals surface area (Å²) in [5.74, 6) is 0.416. The van der Waals surface area contributed by atoms with Gasteiger partial charge in [0.1, 0.15) is 0 Å². The van der Waals surface area contributed by atoms with Crippen molar-refractivity contribution in [2.24, 2.45) is 11.7 Å².